The van der Waals surface area contributed by atoms with Crippen LogP contribution < -0.4 is 5.32 Å². The van der Waals surface area contributed by atoms with Gasteiger partial charge in [0.15, 0.2) is 0 Å². The van der Waals surface area contributed by atoms with E-state index >= 15 is 0 Å². The average Bonchev–Trinajstić information content (AvgIpc) is 2.82. The minimum Gasteiger partial charge on any atom is -0.480 e. The van der Waals surface area contributed by atoms with E-state index in [0.717, 1.165) is 0 Å². The zero-order chi connectivity index (χ0) is 22.2. The molecular weight excluding hydrogens is 398 g/mol. The highest BCUT2D eigenvalue weighted by atomic mass is 16.4. The standard InChI is InChI=1S/C23H25N3O5/c27-20(12-11-19(23(30)31)24-21(28)17-7-3-1-4-8-17)25-13-15-26(16-14-25)22(29)18-9-5-2-6-10-18/h1-10,19H,11-16H2,(H,24,28)(H,30,31)/t19-/m0/s1. The largest absolute Gasteiger partial charge is 0.480 e. The zero-order valence-electron chi connectivity index (χ0n) is 17.1. The summed E-state index contributed by atoms with van der Waals surface area (Å²) in [6.45, 7) is 1.64. The summed E-state index contributed by atoms with van der Waals surface area (Å²) in [5.41, 5.74) is 0.972. The van der Waals surface area contributed by atoms with Crippen LogP contribution >= 0.6 is 0 Å². The number of nitrogens with zero attached hydrogens (tertiary/aromatic N) is 2. The number of carboxylic acid groups (broad SMARTS) is 1. The monoisotopic (exact) mass is 423 g/mol. The molecule has 0 saturated carbocycles. The molecule has 2 aromatic carbocycles. The van der Waals surface area contributed by atoms with E-state index in [2.05, 4.69) is 5.32 Å². The molecule has 1 heterocycles. The molecule has 0 aliphatic carbocycles. The molecule has 1 aliphatic rings. The number of hydrogen-bond acceptors (Lipinski definition) is 4. The Labute approximate surface area is 180 Å². The number of carbonyl (C=O) groups excluding carboxylic acids is 3. The van der Waals surface area contributed by atoms with E-state index in [1.165, 1.54) is 0 Å². The lowest BCUT2D eigenvalue weighted by Crippen LogP contribution is -2.51. The summed E-state index contributed by atoms with van der Waals surface area (Å²) in [6, 6.07) is 16.2. The van der Waals surface area contributed by atoms with Gasteiger partial charge in [-0.05, 0) is 30.7 Å². The van der Waals surface area contributed by atoms with Crippen LogP contribution in [0.2, 0.25) is 0 Å². The van der Waals surface area contributed by atoms with Crippen LogP contribution in [0.15, 0.2) is 60.7 Å². The molecule has 1 fully saturated rings. The molecule has 1 saturated heterocycles. The predicted molar refractivity (Wildman–Crippen MR) is 113 cm³/mol. The van der Waals surface area contributed by atoms with Gasteiger partial charge in [0.2, 0.25) is 5.91 Å². The first-order valence-electron chi connectivity index (χ1n) is 10.2. The van der Waals surface area contributed by atoms with Crippen molar-refractivity contribution in [2.45, 2.75) is 18.9 Å². The average molecular weight is 423 g/mol. The van der Waals surface area contributed by atoms with Gasteiger partial charge >= 0.3 is 5.97 Å². The number of aliphatic carboxylic acids is 1. The second kappa shape index (κ2) is 10.4. The van der Waals surface area contributed by atoms with Crippen LogP contribution in [0, 0.1) is 0 Å². The molecule has 2 aromatic rings. The van der Waals surface area contributed by atoms with Crippen molar-refractivity contribution in [3.8, 4) is 0 Å². The van der Waals surface area contributed by atoms with Gasteiger partial charge in [0.1, 0.15) is 6.04 Å². The van der Waals surface area contributed by atoms with E-state index in [1.54, 1.807) is 52.3 Å². The fourth-order valence-electron chi connectivity index (χ4n) is 3.44. The van der Waals surface area contributed by atoms with Crippen molar-refractivity contribution in [3.63, 3.8) is 0 Å². The van der Waals surface area contributed by atoms with E-state index in [0.29, 0.717) is 37.3 Å². The highest BCUT2D eigenvalue weighted by Gasteiger charge is 2.27. The van der Waals surface area contributed by atoms with Gasteiger partial charge in [-0.15, -0.1) is 0 Å². The highest BCUT2D eigenvalue weighted by molar-refractivity contribution is 5.96. The smallest absolute Gasteiger partial charge is 0.326 e. The Hall–Kier alpha value is -3.68. The predicted octanol–water partition coefficient (Wildman–Crippen LogP) is 1.63. The molecule has 162 valence electrons. The second-order valence-corrected chi connectivity index (χ2v) is 7.31. The fourth-order valence-corrected chi connectivity index (χ4v) is 3.44. The van der Waals surface area contributed by atoms with Gasteiger partial charge in [-0.3, -0.25) is 14.4 Å². The van der Waals surface area contributed by atoms with E-state index < -0.39 is 17.9 Å². The van der Waals surface area contributed by atoms with Gasteiger partial charge in [0.05, 0.1) is 0 Å². The Bertz CT molecular complexity index is 925. The van der Waals surface area contributed by atoms with Crippen molar-refractivity contribution in [3.05, 3.63) is 71.8 Å². The molecule has 2 N–H and O–H groups in total. The lowest BCUT2D eigenvalue weighted by Gasteiger charge is -2.35. The van der Waals surface area contributed by atoms with Crippen molar-refractivity contribution in [2.75, 3.05) is 26.2 Å². The highest BCUT2D eigenvalue weighted by Crippen LogP contribution is 2.11. The van der Waals surface area contributed by atoms with Crippen LogP contribution in [0.3, 0.4) is 0 Å². The third kappa shape index (κ3) is 5.91. The Morgan fingerprint density at radius 3 is 1.87 bits per heavy atom. The SMILES string of the molecule is O=C(N[C@@H](CCC(=O)N1CCN(C(=O)c2ccccc2)CC1)C(=O)O)c1ccccc1. The number of benzene rings is 2. The van der Waals surface area contributed by atoms with Gasteiger partial charge in [-0.25, -0.2) is 4.79 Å². The van der Waals surface area contributed by atoms with Crippen molar-refractivity contribution < 1.29 is 24.3 Å². The number of rotatable bonds is 7. The van der Waals surface area contributed by atoms with Gasteiger partial charge < -0.3 is 20.2 Å². The minimum atomic E-state index is -1.18. The minimum absolute atomic E-state index is 0.00132. The van der Waals surface area contributed by atoms with Gasteiger partial charge in [0.25, 0.3) is 11.8 Å². The van der Waals surface area contributed by atoms with Crippen molar-refractivity contribution >= 4 is 23.7 Å². The molecule has 3 rings (SSSR count). The lowest BCUT2D eigenvalue weighted by molar-refractivity contribution is -0.139. The topological polar surface area (TPSA) is 107 Å². The molecule has 31 heavy (non-hydrogen) atoms. The molecule has 0 spiro atoms. The molecule has 1 aliphatic heterocycles. The molecule has 0 bridgehead atoms. The third-order valence-electron chi connectivity index (χ3n) is 5.23. The van der Waals surface area contributed by atoms with Crippen LogP contribution in [0.25, 0.3) is 0 Å². The molecule has 1 atom stereocenters. The molecule has 3 amide bonds. The van der Waals surface area contributed by atoms with E-state index in [-0.39, 0.29) is 24.7 Å². The molecule has 8 nitrogen and oxygen atoms in total. The van der Waals surface area contributed by atoms with E-state index in [1.807, 2.05) is 18.2 Å². The van der Waals surface area contributed by atoms with Gasteiger partial charge in [0, 0.05) is 43.7 Å². The van der Waals surface area contributed by atoms with Gasteiger partial charge in [-0.1, -0.05) is 36.4 Å². The number of carboxylic acids is 1. The third-order valence-corrected chi connectivity index (χ3v) is 5.23. The summed E-state index contributed by atoms with van der Waals surface area (Å²) in [5, 5.41) is 11.9. The summed E-state index contributed by atoms with van der Waals surface area (Å²) in [5.74, 6) is -1.93. The first-order chi connectivity index (χ1) is 15.0. The molecule has 0 unspecified atom stereocenters. The maximum absolute atomic E-state index is 12.5. The molecule has 0 radical (unpaired) electrons. The molecule has 8 heteroatoms. The number of carbonyl (C=O) groups is 4. The summed E-state index contributed by atoms with van der Waals surface area (Å²) >= 11 is 0. The fraction of sp³-hybridized carbons (Fsp3) is 0.304. The molecular formula is C23H25N3O5. The zero-order valence-corrected chi connectivity index (χ0v) is 17.1. The lowest BCUT2D eigenvalue weighted by atomic mass is 10.1. The Kier molecular flexibility index (Phi) is 7.37. The van der Waals surface area contributed by atoms with Crippen molar-refractivity contribution in [1.82, 2.24) is 15.1 Å². The van der Waals surface area contributed by atoms with Crippen LogP contribution in [-0.2, 0) is 9.59 Å². The van der Waals surface area contributed by atoms with Gasteiger partial charge in [-0.2, -0.15) is 0 Å². The van der Waals surface area contributed by atoms with E-state index in [4.69, 9.17) is 0 Å². The maximum Gasteiger partial charge on any atom is 0.326 e. The first kappa shape index (κ1) is 22.0. The van der Waals surface area contributed by atoms with Crippen LogP contribution in [-0.4, -0.2) is 70.8 Å². The summed E-state index contributed by atoms with van der Waals surface area (Å²) in [6.07, 6.45) is -0.00539. The Morgan fingerprint density at radius 2 is 1.32 bits per heavy atom. The summed E-state index contributed by atoms with van der Waals surface area (Å²) in [7, 11) is 0. The number of nitrogens with one attached hydrogen (secondary N) is 1. The van der Waals surface area contributed by atoms with E-state index in [9.17, 15) is 24.3 Å². The maximum atomic E-state index is 12.5. The Morgan fingerprint density at radius 1 is 0.806 bits per heavy atom. The number of amides is 3. The summed E-state index contributed by atoms with van der Waals surface area (Å²) < 4.78 is 0. The van der Waals surface area contributed by atoms with Crippen LogP contribution in [0.1, 0.15) is 33.6 Å². The number of hydrogen-bond donors (Lipinski definition) is 2. The second-order valence-electron chi connectivity index (χ2n) is 7.31. The Balaban J connectivity index is 1.48. The van der Waals surface area contributed by atoms with Crippen molar-refractivity contribution in [2.24, 2.45) is 0 Å². The first-order valence-corrected chi connectivity index (χ1v) is 10.2. The normalized spacial score (nSPS) is 14.6. The number of piperazine rings is 1. The van der Waals surface area contributed by atoms with Crippen LogP contribution in [0.5, 0.6) is 0 Å². The quantitative estimate of drug-likeness (QED) is 0.704. The summed E-state index contributed by atoms with van der Waals surface area (Å²) in [4.78, 5) is 52.1. The molecule has 0 aromatic heterocycles. The van der Waals surface area contributed by atoms with Crippen LogP contribution in [0.4, 0.5) is 0 Å². The van der Waals surface area contributed by atoms with Crippen molar-refractivity contribution in [1.29, 1.82) is 0 Å².